The summed E-state index contributed by atoms with van der Waals surface area (Å²) < 4.78 is 4.91. The molecule has 0 spiro atoms. The summed E-state index contributed by atoms with van der Waals surface area (Å²) in [5.74, 6) is 0.135. The maximum Gasteiger partial charge on any atom is 0.220 e. The van der Waals surface area contributed by atoms with Gasteiger partial charge in [-0.3, -0.25) is 4.79 Å². The van der Waals surface area contributed by atoms with Crippen LogP contribution in [0.2, 0.25) is 0 Å². The van der Waals surface area contributed by atoms with E-state index in [2.05, 4.69) is 5.32 Å². The van der Waals surface area contributed by atoms with E-state index < -0.39 is 0 Å². The molecular formula is C11H22N2O2. The second-order valence-corrected chi connectivity index (χ2v) is 4.43. The van der Waals surface area contributed by atoms with Gasteiger partial charge in [0.2, 0.25) is 5.91 Å². The van der Waals surface area contributed by atoms with Gasteiger partial charge in [-0.1, -0.05) is 6.42 Å². The molecule has 0 saturated heterocycles. The van der Waals surface area contributed by atoms with Crippen molar-refractivity contribution in [1.82, 2.24) is 5.32 Å². The van der Waals surface area contributed by atoms with Crippen LogP contribution in [0.4, 0.5) is 0 Å². The predicted octanol–water partition coefficient (Wildman–Crippen LogP) is 0.658. The molecule has 3 N–H and O–H groups in total. The van der Waals surface area contributed by atoms with Gasteiger partial charge in [-0.25, -0.2) is 0 Å². The molecule has 88 valence electrons. The first-order chi connectivity index (χ1) is 7.22. The summed E-state index contributed by atoms with van der Waals surface area (Å²) in [6.45, 7) is 2.04. The van der Waals surface area contributed by atoms with Crippen LogP contribution in [0.3, 0.4) is 0 Å². The molecule has 15 heavy (non-hydrogen) atoms. The largest absolute Gasteiger partial charge is 0.385 e. The van der Waals surface area contributed by atoms with E-state index >= 15 is 0 Å². The topological polar surface area (TPSA) is 64.3 Å². The lowest BCUT2D eigenvalue weighted by atomic mass is 9.66. The van der Waals surface area contributed by atoms with Crippen molar-refractivity contribution < 1.29 is 9.53 Å². The molecule has 1 fully saturated rings. The van der Waals surface area contributed by atoms with Gasteiger partial charge in [-0.15, -0.1) is 0 Å². The van der Waals surface area contributed by atoms with E-state index in [4.69, 9.17) is 10.5 Å². The summed E-state index contributed by atoms with van der Waals surface area (Å²) in [5.41, 5.74) is 5.81. The molecule has 0 atom stereocenters. The zero-order valence-electron chi connectivity index (χ0n) is 9.55. The average Bonchev–Trinajstić information content (AvgIpc) is 2.18. The Kier molecular flexibility index (Phi) is 5.05. The van der Waals surface area contributed by atoms with Crippen LogP contribution in [0.25, 0.3) is 0 Å². The van der Waals surface area contributed by atoms with Crippen LogP contribution in [-0.2, 0) is 9.53 Å². The Bertz CT molecular complexity index is 197. The lowest BCUT2D eigenvalue weighted by Crippen LogP contribution is -2.42. The SMILES string of the molecule is COCCCNC(=O)CC1(CN)CCC1. The van der Waals surface area contributed by atoms with E-state index in [0.717, 1.165) is 19.3 Å². The van der Waals surface area contributed by atoms with Gasteiger partial charge in [0.1, 0.15) is 0 Å². The second kappa shape index (κ2) is 6.08. The van der Waals surface area contributed by atoms with Crippen LogP contribution < -0.4 is 11.1 Å². The molecule has 1 aliphatic rings. The minimum Gasteiger partial charge on any atom is -0.385 e. The van der Waals surface area contributed by atoms with E-state index in [1.165, 1.54) is 6.42 Å². The number of hydrogen-bond acceptors (Lipinski definition) is 3. The number of carbonyl (C=O) groups is 1. The quantitative estimate of drug-likeness (QED) is 0.612. The third-order valence-electron chi connectivity index (χ3n) is 3.23. The number of carbonyl (C=O) groups excluding carboxylic acids is 1. The fourth-order valence-corrected chi connectivity index (χ4v) is 1.98. The minimum absolute atomic E-state index is 0.116. The van der Waals surface area contributed by atoms with E-state index in [0.29, 0.717) is 26.1 Å². The highest BCUT2D eigenvalue weighted by Gasteiger charge is 2.37. The van der Waals surface area contributed by atoms with Gasteiger partial charge in [-0.05, 0) is 31.2 Å². The zero-order valence-corrected chi connectivity index (χ0v) is 9.55. The van der Waals surface area contributed by atoms with E-state index in [1.807, 2.05) is 0 Å². The van der Waals surface area contributed by atoms with Gasteiger partial charge in [0.25, 0.3) is 0 Å². The first-order valence-corrected chi connectivity index (χ1v) is 5.68. The van der Waals surface area contributed by atoms with E-state index in [9.17, 15) is 4.79 Å². The van der Waals surface area contributed by atoms with Crippen LogP contribution >= 0.6 is 0 Å². The Labute approximate surface area is 91.5 Å². The highest BCUT2D eigenvalue weighted by Crippen LogP contribution is 2.42. The van der Waals surface area contributed by atoms with Crippen molar-refractivity contribution >= 4 is 5.91 Å². The summed E-state index contributed by atoms with van der Waals surface area (Å²) >= 11 is 0. The maximum atomic E-state index is 11.6. The van der Waals surface area contributed by atoms with Crippen molar-refractivity contribution in [3.63, 3.8) is 0 Å². The van der Waals surface area contributed by atoms with Crippen molar-refractivity contribution in [3.05, 3.63) is 0 Å². The van der Waals surface area contributed by atoms with E-state index in [-0.39, 0.29) is 11.3 Å². The van der Waals surface area contributed by atoms with Crippen LogP contribution in [0, 0.1) is 5.41 Å². The first-order valence-electron chi connectivity index (χ1n) is 5.68. The van der Waals surface area contributed by atoms with Crippen LogP contribution in [0.1, 0.15) is 32.1 Å². The summed E-state index contributed by atoms with van der Waals surface area (Å²) in [5, 5.41) is 2.90. The molecule has 0 aliphatic heterocycles. The second-order valence-electron chi connectivity index (χ2n) is 4.43. The van der Waals surface area contributed by atoms with Gasteiger partial charge in [0.05, 0.1) is 0 Å². The van der Waals surface area contributed by atoms with Crippen molar-refractivity contribution in [2.24, 2.45) is 11.1 Å². The normalized spacial score (nSPS) is 18.3. The number of rotatable bonds is 7. The molecule has 0 aromatic heterocycles. The molecule has 0 heterocycles. The number of methoxy groups -OCH3 is 1. The van der Waals surface area contributed by atoms with Gasteiger partial charge in [0.15, 0.2) is 0 Å². The third-order valence-corrected chi connectivity index (χ3v) is 3.23. The third kappa shape index (κ3) is 3.80. The molecule has 0 aromatic rings. The van der Waals surface area contributed by atoms with Gasteiger partial charge < -0.3 is 15.8 Å². The Morgan fingerprint density at radius 1 is 1.53 bits per heavy atom. The molecule has 0 radical (unpaired) electrons. The monoisotopic (exact) mass is 214 g/mol. The van der Waals surface area contributed by atoms with Crippen LogP contribution in [0.15, 0.2) is 0 Å². The summed E-state index contributed by atoms with van der Waals surface area (Å²) in [7, 11) is 1.67. The summed E-state index contributed by atoms with van der Waals surface area (Å²) in [6.07, 6.45) is 4.90. The Balaban J connectivity index is 2.12. The molecular weight excluding hydrogens is 192 g/mol. The lowest BCUT2D eigenvalue weighted by Gasteiger charge is -2.40. The van der Waals surface area contributed by atoms with Crippen molar-refractivity contribution in [3.8, 4) is 0 Å². The average molecular weight is 214 g/mol. The highest BCUT2D eigenvalue weighted by molar-refractivity contribution is 5.76. The van der Waals surface area contributed by atoms with Crippen LogP contribution in [-0.4, -0.2) is 32.7 Å². The maximum absolute atomic E-state index is 11.6. The lowest BCUT2D eigenvalue weighted by molar-refractivity contribution is -0.124. The van der Waals surface area contributed by atoms with Crippen LogP contribution in [0.5, 0.6) is 0 Å². The number of ether oxygens (including phenoxy) is 1. The molecule has 0 aromatic carbocycles. The number of nitrogens with two attached hydrogens (primary N) is 1. The van der Waals surface area contributed by atoms with Gasteiger partial charge in [0, 0.05) is 26.7 Å². The predicted molar refractivity (Wildman–Crippen MR) is 59.5 cm³/mol. The molecule has 1 saturated carbocycles. The smallest absolute Gasteiger partial charge is 0.220 e. The fraction of sp³-hybridized carbons (Fsp3) is 0.909. The fourth-order valence-electron chi connectivity index (χ4n) is 1.98. The molecule has 1 amide bonds. The number of amides is 1. The van der Waals surface area contributed by atoms with E-state index in [1.54, 1.807) is 7.11 Å². The first kappa shape index (κ1) is 12.5. The standard InChI is InChI=1S/C11H22N2O2/c1-15-7-3-6-13-10(14)8-11(9-12)4-2-5-11/h2-9,12H2,1H3,(H,13,14). The van der Waals surface area contributed by atoms with Crippen molar-refractivity contribution in [1.29, 1.82) is 0 Å². The number of nitrogens with one attached hydrogen (secondary N) is 1. The minimum atomic E-state index is 0.116. The van der Waals surface area contributed by atoms with Gasteiger partial charge in [-0.2, -0.15) is 0 Å². The highest BCUT2D eigenvalue weighted by atomic mass is 16.5. The molecule has 4 heteroatoms. The summed E-state index contributed by atoms with van der Waals surface area (Å²) in [6, 6.07) is 0. The molecule has 0 unspecified atom stereocenters. The Morgan fingerprint density at radius 2 is 2.27 bits per heavy atom. The Morgan fingerprint density at radius 3 is 2.73 bits per heavy atom. The summed E-state index contributed by atoms with van der Waals surface area (Å²) in [4.78, 5) is 11.6. The molecule has 0 bridgehead atoms. The molecule has 4 nitrogen and oxygen atoms in total. The molecule has 1 rings (SSSR count). The number of hydrogen-bond donors (Lipinski definition) is 2. The van der Waals surface area contributed by atoms with Gasteiger partial charge >= 0.3 is 0 Å². The Hall–Kier alpha value is -0.610. The zero-order chi connectivity index (χ0) is 11.1. The van der Waals surface area contributed by atoms with Crippen molar-refractivity contribution in [2.45, 2.75) is 32.1 Å². The molecule has 1 aliphatic carbocycles. The van der Waals surface area contributed by atoms with Crippen molar-refractivity contribution in [2.75, 3.05) is 26.8 Å².